The van der Waals surface area contributed by atoms with E-state index in [1.165, 1.54) is 14.0 Å². The van der Waals surface area contributed by atoms with Crippen molar-refractivity contribution in [1.29, 1.82) is 0 Å². The Morgan fingerprint density at radius 3 is 2.77 bits per heavy atom. The molecule has 1 fully saturated rings. The second-order valence-electron chi connectivity index (χ2n) is 6.20. The van der Waals surface area contributed by atoms with Crippen molar-refractivity contribution in [2.45, 2.75) is 38.3 Å². The van der Waals surface area contributed by atoms with Crippen molar-refractivity contribution < 1.29 is 33.6 Å². The van der Waals surface area contributed by atoms with Gasteiger partial charge in [0, 0.05) is 38.4 Å². The van der Waals surface area contributed by atoms with Crippen LogP contribution < -0.4 is 4.74 Å². The van der Waals surface area contributed by atoms with Crippen LogP contribution in [0.2, 0.25) is 0 Å². The number of phenols is 1. The van der Waals surface area contributed by atoms with E-state index in [1.54, 1.807) is 24.4 Å². The molecule has 2 heterocycles. The summed E-state index contributed by atoms with van der Waals surface area (Å²) in [6, 6.07) is 4.96. The van der Waals surface area contributed by atoms with Gasteiger partial charge in [-0.05, 0) is 18.2 Å². The van der Waals surface area contributed by atoms with E-state index >= 15 is 0 Å². The Labute approximate surface area is 150 Å². The number of methoxy groups -OCH3 is 1. The largest absolute Gasteiger partial charge is 0.508 e. The molecule has 0 saturated carbocycles. The summed E-state index contributed by atoms with van der Waals surface area (Å²) in [6.07, 6.45) is 0.0520. The number of aryl methyl sites for hydroxylation is 1. The third-order valence-corrected chi connectivity index (χ3v) is 4.24. The number of carbonyl (C=O) groups is 2. The van der Waals surface area contributed by atoms with Crippen molar-refractivity contribution in [3.63, 3.8) is 0 Å². The van der Waals surface area contributed by atoms with E-state index in [2.05, 4.69) is 0 Å². The van der Waals surface area contributed by atoms with Crippen LogP contribution in [0.4, 0.5) is 0 Å². The number of esters is 2. The fraction of sp³-hybridized carbons (Fsp3) is 0.444. The zero-order valence-corrected chi connectivity index (χ0v) is 14.8. The fourth-order valence-corrected chi connectivity index (χ4v) is 3.11. The smallest absolute Gasteiger partial charge is 0.335 e. The van der Waals surface area contributed by atoms with Crippen molar-refractivity contribution in [3.05, 3.63) is 24.4 Å². The summed E-state index contributed by atoms with van der Waals surface area (Å²) in [5.74, 6) is -0.376. The molecule has 2 aromatic rings. The van der Waals surface area contributed by atoms with Gasteiger partial charge in [-0.2, -0.15) is 0 Å². The summed E-state index contributed by atoms with van der Waals surface area (Å²) < 4.78 is 23.4. The summed E-state index contributed by atoms with van der Waals surface area (Å²) in [5, 5.41) is 10.5. The lowest BCUT2D eigenvalue weighted by atomic mass is 10.0. The molecule has 3 atom stereocenters. The van der Waals surface area contributed by atoms with E-state index in [-0.39, 0.29) is 18.6 Å². The van der Waals surface area contributed by atoms with Gasteiger partial charge in [0.05, 0.1) is 12.6 Å². The number of nitrogens with zero attached hydrogens (tertiary/aromatic N) is 1. The first-order valence-electron chi connectivity index (χ1n) is 8.22. The van der Waals surface area contributed by atoms with Gasteiger partial charge < -0.3 is 28.6 Å². The maximum absolute atomic E-state index is 11.9. The molecule has 3 rings (SSSR count). The van der Waals surface area contributed by atoms with Crippen LogP contribution in [0.1, 0.15) is 19.8 Å². The predicted octanol–water partition coefficient (Wildman–Crippen LogP) is 1.87. The molecule has 0 amide bonds. The van der Waals surface area contributed by atoms with Gasteiger partial charge in [-0.3, -0.25) is 4.79 Å². The quantitative estimate of drug-likeness (QED) is 0.829. The summed E-state index contributed by atoms with van der Waals surface area (Å²) in [7, 11) is 3.12. The van der Waals surface area contributed by atoms with Gasteiger partial charge in [-0.25, -0.2) is 4.79 Å². The van der Waals surface area contributed by atoms with Crippen molar-refractivity contribution in [3.8, 4) is 11.5 Å². The third kappa shape index (κ3) is 3.75. The van der Waals surface area contributed by atoms with Crippen LogP contribution in [0, 0.1) is 0 Å². The molecule has 1 N–H and O–H groups in total. The number of aromatic hydroxyl groups is 1. The van der Waals surface area contributed by atoms with E-state index in [0.717, 1.165) is 5.52 Å². The van der Waals surface area contributed by atoms with Crippen LogP contribution in [0.15, 0.2) is 24.4 Å². The zero-order valence-electron chi connectivity index (χ0n) is 14.8. The first-order valence-corrected chi connectivity index (χ1v) is 8.22. The Hall–Kier alpha value is -2.74. The van der Waals surface area contributed by atoms with Crippen LogP contribution in [0.25, 0.3) is 10.9 Å². The Morgan fingerprint density at radius 1 is 1.31 bits per heavy atom. The maximum Gasteiger partial charge on any atom is 0.335 e. The van der Waals surface area contributed by atoms with Crippen LogP contribution in [0.5, 0.6) is 11.5 Å². The van der Waals surface area contributed by atoms with Crippen molar-refractivity contribution >= 4 is 22.8 Å². The van der Waals surface area contributed by atoms with Gasteiger partial charge in [0.15, 0.2) is 6.10 Å². The minimum Gasteiger partial charge on any atom is -0.508 e. The van der Waals surface area contributed by atoms with Crippen molar-refractivity contribution in [1.82, 2.24) is 4.57 Å². The number of phenolic OH excluding ortho intramolecular Hbond substituents is 1. The van der Waals surface area contributed by atoms with Crippen molar-refractivity contribution in [2.75, 3.05) is 7.11 Å². The number of aromatic nitrogens is 1. The first kappa shape index (κ1) is 18.1. The molecule has 8 nitrogen and oxygen atoms in total. The van der Waals surface area contributed by atoms with Crippen LogP contribution in [-0.4, -0.2) is 47.2 Å². The van der Waals surface area contributed by atoms with Crippen molar-refractivity contribution in [2.24, 2.45) is 7.05 Å². The molecule has 0 radical (unpaired) electrons. The summed E-state index contributed by atoms with van der Waals surface area (Å²) in [4.78, 5) is 23.2. The van der Waals surface area contributed by atoms with E-state index in [4.69, 9.17) is 18.9 Å². The summed E-state index contributed by atoms with van der Waals surface area (Å²) in [5.41, 5.74) is 0.870. The second kappa shape index (κ2) is 7.25. The highest BCUT2D eigenvalue weighted by Crippen LogP contribution is 2.33. The van der Waals surface area contributed by atoms with Crippen LogP contribution in [0.3, 0.4) is 0 Å². The lowest BCUT2D eigenvalue weighted by Gasteiger charge is -2.33. The number of hydrogen-bond donors (Lipinski definition) is 1. The molecule has 0 bridgehead atoms. The van der Waals surface area contributed by atoms with E-state index < -0.39 is 30.4 Å². The van der Waals surface area contributed by atoms with E-state index in [0.29, 0.717) is 11.1 Å². The minimum atomic E-state index is -0.883. The van der Waals surface area contributed by atoms with Gasteiger partial charge in [0.25, 0.3) is 0 Å². The minimum absolute atomic E-state index is 0.114. The number of hydrogen-bond acceptors (Lipinski definition) is 7. The van der Waals surface area contributed by atoms with E-state index in [9.17, 15) is 14.7 Å². The topological polar surface area (TPSA) is 96.2 Å². The van der Waals surface area contributed by atoms with Gasteiger partial charge >= 0.3 is 11.9 Å². The van der Waals surface area contributed by atoms with Gasteiger partial charge in [0.1, 0.15) is 17.6 Å². The third-order valence-electron chi connectivity index (χ3n) is 4.24. The molecule has 1 aliphatic heterocycles. The Balaban J connectivity index is 1.84. The Bertz CT molecular complexity index is 828. The molecule has 1 saturated heterocycles. The highest BCUT2D eigenvalue weighted by Gasteiger charge is 2.37. The average Bonchev–Trinajstić information content (AvgIpc) is 2.88. The Kier molecular flexibility index (Phi) is 5.03. The van der Waals surface area contributed by atoms with Gasteiger partial charge in [-0.1, -0.05) is 0 Å². The SMILES string of the molecule is COC(=O)C1CC(OC(C)=O)CC(Oc2cn(C)c3ccc(O)cc23)O1. The normalized spacial score (nSPS) is 22.8. The molecule has 0 aliphatic carbocycles. The van der Waals surface area contributed by atoms with Gasteiger partial charge in [-0.15, -0.1) is 0 Å². The summed E-state index contributed by atoms with van der Waals surface area (Å²) in [6.45, 7) is 1.31. The number of ether oxygens (including phenoxy) is 4. The molecule has 3 unspecified atom stereocenters. The lowest BCUT2D eigenvalue weighted by molar-refractivity contribution is -0.204. The highest BCUT2D eigenvalue weighted by atomic mass is 16.7. The van der Waals surface area contributed by atoms with Crippen LogP contribution in [-0.2, 0) is 30.8 Å². The number of benzene rings is 1. The molecule has 1 aliphatic rings. The van der Waals surface area contributed by atoms with E-state index in [1.807, 2.05) is 11.6 Å². The second-order valence-corrected chi connectivity index (χ2v) is 6.20. The zero-order chi connectivity index (χ0) is 18.8. The molecule has 8 heteroatoms. The average molecular weight is 363 g/mol. The molecule has 140 valence electrons. The summed E-state index contributed by atoms with van der Waals surface area (Å²) >= 11 is 0. The molecule has 1 aromatic heterocycles. The Morgan fingerprint density at radius 2 is 2.08 bits per heavy atom. The molecule has 0 spiro atoms. The number of carbonyl (C=O) groups excluding carboxylic acids is 2. The lowest BCUT2D eigenvalue weighted by Crippen LogP contribution is -2.44. The standard InChI is InChI=1S/C18H21NO7/c1-10(20)24-12-7-15(18(22)23-3)25-17(8-12)26-16-9-19(2)14-5-4-11(21)6-13(14)16/h4-6,9,12,15,17,21H,7-8H2,1-3H3. The predicted molar refractivity (Wildman–Crippen MR) is 90.7 cm³/mol. The number of rotatable bonds is 4. The fourth-order valence-electron chi connectivity index (χ4n) is 3.11. The first-order chi connectivity index (χ1) is 12.4. The van der Waals surface area contributed by atoms with Gasteiger partial charge in [0.2, 0.25) is 6.29 Å². The number of fused-ring (bicyclic) bond motifs is 1. The molecule has 1 aromatic carbocycles. The molecule has 26 heavy (non-hydrogen) atoms. The maximum atomic E-state index is 11.9. The molecular weight excluding hydrogens is 342 g/mol. The molecular formula is C18H21NO7. The van der Waals surface area contributed by atoms with Crippen LogP contribution >= 0.6 is 0 Å². The monoisotopic (exact) mass is 363 g/mol. The highest BCUT2D eigenvalue weighted by molar-refractivity contribution is 5.88.